The van der Waals surface area contributed by atoms with Gasteiger partial charge in [0.05, 0.1) is 5.69 Å². The molecule has 0 spiro atoms. The number of benzene rings is 2. The molecule has 0 unspecified atom stereocenters. The SMILES string of the molecule is CC(=O)c1cccc(NC(=O)Cn2nnc(C(=O)Nc3cc(Cl)ccc3C)c2C)c1. The molecule has 3 aromatic rings. The number of carbonyl (C=O) groups excluding carboxylic acids is 3. The van der Waals surface area contributed by atoms with E-state index in [0.717, 1.165) is 5.56 Å². The first-order valence-corrected chi connectivity index (χ1v) is 9.51. The van der Waals surface area contributed by atoms with Gasteiger partial charge in [-0.05, 0) is 50.6 Å². The van der Waals surface area contributed by atoms with Gasteiger partial charge in [-0.2, -0.15) is 0 Å². The number of halogens is 1. The third kappa shape index (κ3) is 4.90. The summed E-state index contributed by atoms with van der Waals surface area (Å²) in [5.74, 6) is -0.899. The Morgan fingerprint density at radius 3 is 2.57 bits per heavy atom. The van der Waals surface area contributed by atoms with Gasteiger partial charge in [0.1, 0.15) is 6.54 Å². The number of aromatic nitrogens is 3. The number of hydrogen-bond donors (Lipinski definition) is 2. The molecule has 3 rings (SSSR count). The summed E-state index contributed by atoms with van der Waals surface area (Å²) in [6, 6.07) is 11.8. The van der Waals surface area contributed by atoms with Crippen LogP contribution in [0, 0.1) is 13.8 Å². The molecule has 0 saturated carbocycles. The highest BCUT2D eigenvalue weighted by atomic mass is 35.5. The number of aryl methyl sites for hydroxylation is 1. The van der Waals surface area contributed by atoms with E-state index in [-0.39, 0.29) is 23.9 Å². The Kier molecular flexibility index (Phi) is 6.27. The third-order valence-electron chi connectivity index (χ3n) is 4.49. The molecule has 0 atom stereocenters. The largest absolute Gasteiger partial charge is 0.324 e. The van der Waals surface area contributed by atoms with Crippen LogP contribution in [-0.4, -0.2) is 32.6 Å². The predicted molar refractivity (Wildman–Crippen MR) is 114 cm³/mol. The second-order valence-electron chi connectivity index (χ2n) is 6.78. The highest BCUT2D eigenvalue weighted by Gasteiger charge is 2.19. The Bertz CT molecular complexity index is 1140. The van der Waals surface area contributed by atoms with Crippen LogP contribution >= 0.6 is 11.6 Å². The molecule has 0 aliphatic heterocycles. The van der Waals surface area contributed by atoms with Crippen LogP contribution in [-0.2, 0) is 11.3 Å². The number of ketones is 1. The molecule has 8 nitrogen and oxygen atoms in total. The number of anilines is 2. The van der Waals surface area contributed by atoms with Crippen LogP contribution in [0.2, 0.25) is 5.02 Å². The molecule has 0 saturated heterocycles. The standard InChI is InChI=1S/C21H20ClN5O3/c1-12-7-8-16(22)10-18(12)24-21(30)20-13(2)27(26-25-20)11-19(29)23-17-6-4-5-15(9-17)14(3)28/h4-10H,11H2,1-3H3,(H,23,29)(H,24,30). The molecular formula is C21H20ClN5O3. The van der Waals surface area contributed by atoms with Crippen LogP contribution < -0.4 is 10.6 Å². The van der Waals surface area contributed by atoms with E-state index in [1.54, 1.807) is 49.4 Å². The van der Waals surface area contributed by atoms with E-state index in [4.69, 9.17) is 11.6 Å². The number of amides is 2. The molecule has 2 amide bonds. The van der Waals surface area contributed by atoms with Gasteiger partial charge in [-0.3, -0.25) is 14.4 Å². The zero-order valence-corrected chi connectivity index (χ0v) is 17.4. The lowest BCUT2D eigenvalue weighted by Gasteiger charge is -2.09. The Morgan fingerprint density at radius 2 is 1.83 bits per heavy atom. The first kappa shape index (κ1) is 21.2. The maximum atomic E-state index is 12.6. The summed E-state index contributed by atoms with van der Waals surface area (Å²) >= 11 is 5.99. The Morgan fingerprint density at radius 1 is 1.07 bits per heavy atom. The van der Waals surface area contributed by atoms with Crippen LogP contribution in [0.15, 0.2) is 42.5 Å². The summed E-state index contributed by atoms with van der Waals surface area (Å²) in [5, 5.41) is 13.8. The lowest BCUT2D eigenvalue weighted by atomic mass is 10.1. The minimum absolute atomic E-state index is 0.0937. The zero-order chi connectivity index (χ0) is 21.8. The van der Waals surface area contributed by atoms with Gasteiger partial charge in [0.25, 0.3) is 5.91 Å². The molecule has 0 bridgehead atoms. The highest BCUT2D eigenvalue weighted by Crippen LogP contribution is 2.21. The molecule has 1 heterocycles. The molecular weight excluding hydrogens is 406 g/mol. The summed E-state index contributed by atoms with van der Waals surface area (Å²) in [7, 11) is 0. The fraction of sp³-hybridized carbons (Fsp3) is 0.190. The molecule has 154 valence electrons. The van der Waals surface area contributed by atoms with E-state index in [1.807, 2.05) is 6.92 Å². The predicted octanol–water partition coefficient (Wildman–Crippen LogP) is 3.64. The van der Waals surface area contributed by atoms with Gasteiger partial charge in [0, 0.05) is 22.0 Å². The Balaban J connectivity index is 1.69. The van der Waals surface area contributed by atoms with E-state index in [2.05, 4.69) is 20.9 Å². The summed E-state index contributed by atoms with van der Waals surface area (Å²) in [5.41, 5.74) is 2.98. The lowest BCUT2D eigenvalue weighted by molar-refractivity contribution is -0.117. The fourth-order valence-electron chi connectivity index (χ4n) is 2.78. The van der Waals surface area contributed by atoms with E-state index in [9.17, 15) is 14.4 Å². The summed E-state index contributed by atoms with van der Waals surface area (Å²) < 4.78 is 1.34. The highest BCUT2D eigenvalue weighted by molar-refractivity contribution is 6.31. The summed E-state index contributed by atoms with van der Waals surface area (Å²) in [6.45, 7) is 4.83. The van der Waals surface area contributed by atoms with Crippen LogP contribution in [0.25, 0.3) is 0 Å². The molecule has 2 aromatic carbocycles. The minimum atomic E-state index is -0.446. The van der Waals surface area contributed by atoms with Crippen molar-refractivity contribution in [2.45, 2.75) is 27.3 Å². The second-order valence-corrected chi connectivity index (χ2v) is 7.22. The van der Waals surface area contributed by atoms with E-state index in [1.165, 1.54) is 11.6 Å². The number of carbonyl (C=O) groups is 3. The molecule has 0 fully saturated rings. The van der Waals surface area contributed by atoms with Crippen LogP contribution in [0.5, 0.6) is 0 Å². The van der Waals surface area contributed by atoms with Crippen LogP contribution in [0.4, 0.5) is 11.4 Å². The van der Waals surface area contributed by atoms with Crippen molar-refractivity contribution >= 4 is 40.6 Å². The van der Waals surface area contributed by atoms with Crippen molar-refractivity contribution in [3.63, 3.8) is 0 Å². The van der Waals surface area contributed by atoms with Crippen LogP contribution in [0.1, 0.15) is 39.0 Å². The fourth-order valence-corrected chi connectivity index (χ4v) is 2.96. The van der Waals surface area contributed by atoms with Crippen LogP contribution in [0.3, 0.4) is 0 Å². The molecule has 0 aliphatic rings. The molecule has 2 N–H and O–H groups in total. The van der Waals surface area contributed by atoms with Gasteiger partial charge in [-0.25, -0.2) is 4.68 Å². The van der Waals surface area contributed by atoms with Crippen molar-refractivity contribution in [1.29, 1.82) is 0 Å². The van der Waals surface area contributed by atoms with E-state index < -0.39 is 5.91 Å². The van der Waals surface area contributed by atoms with Crippen molar-refractivity contribution < 1.29 is 14.4 Å². The molecule has 9 heteroatoms. The normalized spacial score (nSPS) is 10.5. The quantitative estimate of drug-likeness (QED) is 0.586. The van der Waals surface area contributed by atoms with Gasteiger partial charge >= 0.3 is 0 Å². The van der Waals surface area contributed by atoms with Gasteiger partial charge in [0.2, 0.25) is 5.91 Å². The van der Waals surface area contributed by atoms with Crippen molar-refractivity contribution in [3.05, 3.63) is 70.0 Å². The lowest BCUT2D eigenvalue weighted by Crippen LogP contribution is -2.21. The average molecular weight is 426 g/mol. The Hall–Kier alpha value is -3.52. The first-order valence-electron chi connectivity index (χ1n) is 9.13. The number of rotatable bonds is 6. The van der Waals surface area contributed by atoms with Crippen molar-refractivity contribution in [3.8, 4) is 0 Å². The summed E-state index contributed by atoms with van der Waals surface area (Å²) in [4.78, 5) is 36.4. The smallest absolute Gasteiger partial charge is 0.278 e. The van der Waals surface area contributed by atoms with Gasteiger partial charge in [-0.15, -0.1) is 5.10 Å². The molecule has 0 aliphatic carbocycles. The van der Waals surface area contributed by atoms with Gasteiger partial charge in [-0.1, -0.05) is 35.0 Å². The van der Waals surface area contributed by atoms with Gasteiger partial charge < -0.3 is 10.6 Å². The minimum Gasteiger partial charge on any atom is -0.324 e. The van der Waals surface area contributed by atoms with Crippen molar-refractivity contribution in [1.82, 2.24) is 15.0 Å². The maximum absolute atomic E-state index is 12.6. The number of Topliss-reactive ketones (excluding diaryl/α,β-unsaturated/α-hetero) is 1. The molecule has 1 aromatic heterocycles. The topological polar surface area (TPSA) is 106 Å². The van der Waals surface area contributed by atoms with Gasteiger partial charge in [0.15, 0.2) is 11.5 Å². The zero-order valence-electron chi connectivity index (χ0n) is 16.7. The Labute approximate surface area is 178 Å². The van der Waals surface area contributed by atoms with E-state index in [0.29, 0.717) is 27.7 Å². The first-order chi connectivity index (χ1) is 14.2. The maximum Gasteiger partial charge on any atom is 0.278 e. The monoisotopic (exact) mass is 425 g/mol. The molecule has 0 radical (unpaired) electrons. The average Bonchev–Trinajstić information content (AvgIpc) is 3.05. The van der Waals surface area contributed by atoms with Crippen molar-refractivity contribution in [2.24, 2.45) is 0 Å². The number of hydrogen-bond acceptors (Lipinski definition) is 5. The number of nitrogens with zero attached hydrogens (tertiary/aromatic N) is 3. The number of nitrogens with one attached hydrogen (secondary N) is 2. The summed E-state index contributed by atoms with van der Waals surface area (Å²) in [6.07, 6.45) is 0. The molecule has 30 heavy (non-hydrogen) atoms. The second kappa shape index (κ2) is 8.87. The van der Waals surface area contributed by atoms with Crippen molar-refractivity contribution in [2.75, 3.05) is 10.6 Å². The van der Waals surface area contributed by atoms with E-state index >= 15 is 0 Å². The third-order valence-corrected chi connectivity index (χ3v) is 4.73.